The number of fused-ring (bicyclic) bond motifs is 1. The molecular formula is C12H14F2S. The fourth-order valence-electron chi connectivity index (χ4n) is 1.79. The molecule has 3 heteroatoms. The molecule has 0 radical (unpaired) electrons. The van der Waals surface area contributed by atoms with Crippen LogP contribution in [0.5, 0.6) is 0 Å². The molecule has 2 rings (SSSR count). The molecule has 15 heavy (non-hydrogen) atoms. The standard InChI is InChI=1S/C12H14F2S/c1-2-12(13,14)10-5-6-11-9(8-10)4-3-7-15-11/h5-6,8H,2-4,7H2,1H3. The van der Waals surface area contributed by atoms with Gasteiger partial charge in [0.15, 0.2) is 0 Å². The number of thioether (sulfide) groups is 1. The lowest BCUT2D eigenvalue weighted by Gasteiger charge is -2.19. The third-order valence-corrected chi connectivity index (χ3v) is 3.98. The molecule has 1 aromatic rings. The van der Waals surface area contributed by atoms with Crippen LogP contribution in [0.4, 0.5) is 8.78 Å². The lowest BCUT2D eigenvalue weighted by Crippen LogP contribution is -2.12. The molecule has 0 atom stereocenters. The zero-order chi connectivity index (χ0) is 10.9. The third-order valence-electron chi connectivity index (χ3n) is 2.77. The van der Waals surface area contributed by atoms with E-state index in [0.717, 1.165) is 24.2 Å². The van der Waals surface area contributed by atoms with Crippen LogP contribution in [0.2, 0.25) is 0 Å². The molecule has 0 unspecified atom stereocenters. The second kappa shape index (κ2) is 4.12. The topological polar surface area (TPSA) is 0 Å². The molecule has 0 fully saturated rings. The second-order valence-electron chi connectivity index (χ2n) is 3.83. The Bertz CT molecular complexity index is 361. The Morgan fingerprint density at radius 2 is 2.20 bits per heavy atom. The van der Waals surface area contributed by atoms with Crippen molar-refractivity contribution in [3.05, 3.63) is 29.3 Å². The summed E-state index contributed by atoms with van der Waals surface area (Å²) >= 11 is 1.77. The van der Waals surface area contributed by atoms with Crippen LogP contribution in [0, 0.1) is 0 Å². The SMILES string of the molecule is CCC(F)(F)c1ccc2c(c1)CCCS2. The van der Waals surface area contributed by atoms with Crippen LogP contribution >= 0.6 is 11.8 Å². The van der Waals surface area contributed by atoms with Gasteiger partial charge in [0.25, 0.3) is 5.92 Å². The second-order valence-corrected chi connectivity index (χ2v) is 4.97. The van der Waals surface area contributed by atoms with E-state index in [4.69, 9.17) is 0 Å². The van der Waals surface area contributed by atoms with Crippen molar-refractivity contribution in [3.8, 4) is 0 Å². The highest BCUT2D eigenvalue weighted by Crippen LogP contribution is 2.36. The fraction of sp³-hybridized carbons (Fsp3) is 0.500. The number of rotatable bonds is 2. The van der Waals surface area contributed by atoms with Gasteiger partial charge >= 0.3 is 0 Å². The van der Waals surface area contributed by atoms with E-state index in [1.807, 2.05) is 6.07 Å². The number of halogens is 2. The Hall–Kier alpha value is -0.570. The van der Waals surface area contributed by atoms with Crippen molar-refractivity contribution in [1.82, 2.24) is 0 Å². The number of hydrogen-bond donors (Lipinski definition) is 0. The van der Waals surface area contributed by atoms with Crippen molar-refractivity contribution in [2.75, 3.05) is 5.75 Å². The van der Waals surface area contributed by atoms with Crippen molar-refractivity contribution in [2.24, 2.45) is 0 Å². The van der Waals surface area contributed by atoms with E-state index in [9.17, 15) is 8.78 Å². The minimum Gasteiger partial charge on any atom is -0.201 e. The summed E-state index contributed by atoms with van der Waals surface area (Å²) in [6.07, 6.45) is 1.91. The first-order valence-corrected chi connectivity index (χ1v) is 6.26. The van der Waals surface area contributed by atoms with E-state index >= 15 is 0 Å². The van der Waals surface area contributed by atoms with Crippen LogP contribution in [-0.2, 0) is 12.3 Å². The predicted molar refractivity (Wildman–Crippen MR) is 59.7 cm³/mol. The highest BCUT2D eigenvalue weighted by molar-refractivity contribution is 7.99. The van der Waals surface area contributed by atoms with E-state index in [0.29, 0.717) is 0 Å². The number of alkyl halides is 2. The predicted octanol–water partition coefficient (Wildman–Crippen LogP) is 4.23. The van der Waals surface area contributed by atoms with Crippen molar-refractivity contribution < 1.29 is 8.78 Å². The normalized spacial score (nSPS) is 16.2. The molecule has 0 aliphatic carbocycles. The van der Waals surface area contributed by atoms with Crippen LogP contribution < -0.4 is 0 Å². The van der Waals surface area contributed by atoms with E-state index in [-0.39, 0.29) is 12.0 Å². The molecule has 1 aliphatic heterocycles. The van der Waals surface area contributed by atoms with E-state index in [1.165, 1.54) is 11.8 Å². The maximum Gasteiger partial charge on any atom is 0.273 e. The summed E-state index contributed by atoms with van der Waals surface area (Å²) in [6, 6.07) is 5.10. The molecular weight excluding hydrogens is 214 g/mol. The largest absolute Gasteiger partial charge is 0.273 e. The molecule has 0 N–H and O–H groups in total. The molecule has 0 nitrogen and oxygen atoms in total. The van der Waals surface area contributed by atoms with Gasteiger partial charge in [-0.2, -0.15) is 0 Å². The first-order valence-electron chi connectivity index (χ1n) is 5.27. The van der Waals surface area contributed by atoms with Gasteiger partial charge in [0, 0.05) is 16.9 Å². The quantitative estimate of drug-likeness (QED) is 0.730. The summed E-state index contributed by atoms with van der Waals surface area (Å²) in [5.41, 5.74) is 1.27. The number of benzene rings is 1. The van der Waals surface area contributed by atoms with Crippen molar-refractivity contribution in [2.45, 2.75) is 37.0 Å². The summed E-state index contributed by atoms with van der Waals surface area (Å²) in [7, 11) is 0. The van der Waals surface area contributed by atoms with Gasteiger partial charge in [-0.1, -0.05) is 13.0 Å². The first-order chi connectivity index (χ1) is 7.13. The molecule has 1 aromatic carbocycles. The number of aryl methyl sites for hydroxylation is 1. The van der Waals surface area contributed by atoms with Gasteiger partial charge in [-0.15, -0.1) is 11.8 Å². The van der Waals surface area contributed by atoms with Gasteiger partial charge in [0.05, 0.1) is 0 Å². The average Bonchev–Trinajstić information content (AvgIpc) is 2.28. The van der Waals surface area contributed by atoms with Crippen LogP contribution in [0.1, 0.15) is 30.9 Å². The van der Waals surface area contributed by atoms with Crippen LogP contribution in [0.25, 0.3) is 0 Å². The zero-order valence-electron chi connectivity index (χ0n) is 8.72. The van der Waals surface area contributed by atoms with Crippen molar-refractivity contribution in [3.63, 3.8) is 0 Å². The molecule has 1 heterocycles. The van der Waals surface area contributed by atoms with E-state index in [1.54, 1.807) is 23.9 Å². The van der Waals surface area contributed by atoms with Gasteiger partial charge in [-0.25, -0.2) is 8.78 Å². The Balaban J connectivity index is 2.36. The fourth-order valence-corrected chi connectivity index (χ4v) is 2.81. The first kappa shape index (κ1) is 10.9. The summed E-state index contributed by atoms with van der Waals surface area (Å²) in [4.78, 5) is 1.18. The molecule has 0 saturated heterocycles. The molecule has 0 saturated carbocycles. The Morgan fingerprint density at radius 3 is 2.93 bits per heavy atom. The molecule has 0 spiro atoms. The Labute approximate surface area is 93.1 Å². The van der Waals surface area contributed by atoms with Crippen molar-refractivity contribution >= 4 is 11.8 Å². The smallest absolute Gasteiger partial charge is 0.201 e. The van der Waals surface area contributed by atoms with Gasteiger partial charge < -0.3 is 0 Å². The lowest BCUT2D eigenvalue weighted by atomic mass is 10.0. The molecule has 1 aliphatic rings. The average molecular weight is 228 g/mol. The minimum atomic E-state index is -2.67. The van der Waals surface area contributed by atoms with Crippen LogP contribution in [0.15, 0.2) is 23.1 Å². The van der Waals surface area contributed by atoms with Gasteiger partial charge in [0.2, 0.25) is 0 Å². The van der Waals surface area contributed by atoms with Gasteiger partial charge in [0.1, 0.15) is 0 Å². The van der Waals surface area contributed by atoms with Gasteiger partial charge in [-0.3, -0.25) is 0 Å². The molecule has 0 bridgehead atoms. The maximum atomic E-state index is 13.4. The van der Waals surface area contributed by atoms with Crippen molar-refractivity contribution in [1.29, 1.82) is 0 Å². The van der Waals surface area contributed by atoms with Gasteiger partial charge in [-0.05, 0) is 36.3 Å². The van der Waals surface area contributed by atoms with Crippen LogP contribution in [0.3, 0.4) is 0 Å². The van der Waals surface area contributed by atoms with Crippen LogP contribution in [-0.4, -0.2) is 5.75 Å². The summed E-state index contributed by atoms with van der Waals surface area (Å²) in [6.45, 7) is 1.52. The van der Waals surface area contributed by atoms with E-state index in [2.05, 4.69) is 0 Å². The summed E-state index contributed by atoms with van der Waals surface area (Å²) in [5.74, 6) is -1.56. The monoisotopic (exact) mass is 228 g/mol. The molecule has 0 aromatic heterocycles. The summed E-state index contributed by atoms with van der Waals surface area (Å²) in [5, 5.41) is 0. The minimum absolute atomic E-state index is 0.126. The maximum absolute atomic E-state index is 13.4. The highest BCUT2D eigenvalue weighted by Gasteiger charge is 2.29. The van der Waals surface area contributed by atoms with E-state index < -0.39 is 5.92 Å². The third kappa shape index (κ3) is 2.17. The molecule has 82 valence electrons. The summed E-state index contributed by atoms with van der Waals surface area (Å²) < 4.78 is 26.9. The Kier molecular flexibility index (Phi) is 3.01. The molecule has 0 amide bonds. The number of hydrogen-bond acceptors (Lipinski definition) is 1. The Morgan fingerprint density at radius 1 is 1.40 bits per heavy atom. The zero-order valence-corrected chi connectivity index (χ0v) is 9.54. The highest BCUT2D eigenvalue weighted by atomic mass is 32.2. The lowest BCUT2D eigenvalue weighted by molar-refractivity contribution is -0.00841.